The molecule has 2 heterocycles. The normalized spacial score (nSPS) is 10.5. The van der Waals surface area contributed by atoms with E-state index in [1.54, 1.807) is 43.8 Å². The zero-order valence-corrected chi connectivity index (χ0v) is 15.8. The Morgan fingerprint density at radius 3 is 2.62 bits per heavy atom. The van der Waals surface area contributed by atoms with Gasteiger partial charge in [0.1, 0.15) is 12.3 Å². The van der Waals surface area contributed by atoms with Gasteiger partial charge in [0, 0.05) is 29.5 Å². The number of ether oxygens (including phenoxy) is 2. The first-order valence-corrected chi connectivity index (χ1v) is 9.10. The lowest BCUT2D eigenvalue weighted by Crippen LogP contribution is -2.13. The second-order valence-electron chi connectivity index (χ2n) is 6.35. The Morgan fingerprint density at radius 2 is 1.79 bits per heavy atom. The summed E-state index contributed by atoms with van der Waals surface area (Å²) in [5.74, 6) is 0.829. The smallest absolute Gasteiger partial charge is 0.274 e. The van der Waals surface area contributed by atoms with Crippen LogP contribution in [0.2, 0.25) is 0 Å². The number of hydrogen-bond donors (Lipinski definition) is 1. The average molecular weight is 385 g/mol. The number of para-hydroxylation sites is 1. The monoisotopic (exact) mass is 385 g/mol. The molecule has 2 aromatic carbocycles. The number of benzene rings is 2. The summed E-state index contributed by atoms with van der Waals surface area (Å²) < 4.78 is 11.2. The third kappa shape index (κ3) is 4.32. The highest BCUT2D eigenvalue weighted by Gasteiger charge is 2.12. The molecule has 0 aliphatic carbocycles. The molecule has 2 aromatic heterocycles. The maximum absolute atomic E-state index is 12.7. The van der Waals surface area contributed by atoms with Gasteiger partial charge in [-0.25, -0.2) is 4.98 Å². The molecular weight excluding hydrogens is 366 g/mol. The lowest BCUT2D eigenvalue weighted by molar-refractivity contribution is 0.102. The molecule has 4 aromatic rings. The Bertz CT molecular complexity index is 1150. The van der Waals surface area contributed by atoms with Crippen molar-refractivity contribution < 1.29 is 14.3 Å². The summed E-state index contributed by atoms with van der Waals surface area (Å²) in [7, 11) is 1.58. The van der Waals surface area contributed by atoms with Crippen LogP contribution in [0.4, 0.5) is 5.69 Å². The number of amides is 1. The fourth-order valence-corrected chi connectivity index (χ4v) is 2.89. The van der Waals surface area contributed by atoms with Crippen LogP contribution >= 0.6 is 0 Å². The second kappa shape index (κ2) is 8.39. The van der Waals surface area contributed by atoms with Gasteiger partial charge in [-0.2, -0.15) is 0 Å². The van der Waals surface area contributed by atoms with Crippen LogP contribution in [0.15, 0.2) is 79.1 Å². The van der Waals surface area contributed by atoms with Crippen molar-refractivity contribution in [2.75, 3.05) is 12.4 Å². The standard InChI is InChI=1S/C23H19N3O3/c1-28-21-9-7-18(14-22(21)29-15-16-10-12-24-13-11-16)25-23(27)20-8-6-17-4-2-3-5-19(17)26-20/h2-14H,15H2,1H3,(H,25,27). The van der Waals surface area contributed by atoms with Gasteiger partial charge in [0.15, 0.2) is 11.5 Å². The van der Waals surface area contributed by atoms with Crippen molar-refractivity contribution in [3.05, 3.63) is 90.4 Å². The third-order valence-electron chi connectivity index (χ3n) is 4.40. The Labute approximate surface area is 168 Å². The maximum atomic E-state index is 12.7. The molecule has 144 valence electrons. The first kappa shape index (κ1) is 18.4. The van der Waals surface area contributed by atoms with E-state index in [4.69, 9.17) is 9.47 Å². The molecule has 0 saturated heterocycles. The maximum Gasteiger partial charge on any atom is 0.274 e. The Hall–Kier alpha value is -3.93. The Balaban J connectivity index is 1.52. The predicted octanol–water partition coefficient (Wildman–Crippen LogP) is 4.47. The molecule has 6 nitrogen and oxygen atoms in total. The lowest BCUT2D eigenvalue weighted by atomic mass is 10.2. The van der Waals surface area contributed by atoms with E-state index in [0.29, 0.717) is 29.5 Å². The van der Waals surface area contributed by atoms with Crippen molar-refractivity contribution in [3.63, 3.8) is 0 Å². The topological polar surface area (TPSA) is 73.3 Å². The first-order valence-electron chi connectivity index (χ1n) is 9.10. The van der Waals surface area contributed by atoms with E-state index in [9.17, 15) is 4.79 Å². The van der Waals surface area contributed by atoms with E-state index < -0.39 is 0 Å². The van der Waals surface area contributed by atoms with Crippen LogP contribution in [-0.2, 0) is 6.61 Å². The fraction of sp³-hybridized carbons (Fsp3) is 0.0870. The van der Waals surface area contributed by atoms with E-state index in [2.05, 4.69) is 15.3 Å². The average Bonchev–Trinajstić information content (AvgIpc) is 2.78. The molecule has 0 fully saturated rings. The number of pyridine rings is 2. The van der Waals surface area contributed by atoms with Gasteiger partial charge >= 0.3 is 0 Å². The third-order valence-corrected chi connectivity index (χ3v) is 4.40. The molecule has 6 heteroatoms. The predicted molar refractivity (Wildman–Crippen MR) is 111 cm³/mol. The second-order valence-corrected chi connectivity index (χ2v) is 6.35. The molecule has 0 saturated carbocycles. The number of carbonyl (C=O) groups excluding carboxylic acids is 1. The number of methoxy groups -OCH3 is 1. The van der Waals surface area contributed by atoms with Crippen LogP contribution in [0.5, 0.6) is 11.5 Å². The van der Waals surface area contributed by atoms with Crippen molar-refractivity contribution in [3.8, 4) is 11.5 Å². The summed E-state index contributed by atoms with van der Waals surface area (Å²) in [4.78, 5) is 21.1. The zero-order chi connectivity index (χ0) is 20.1. The van der Waals surface area contributed by atoms with Gasteiger partial charge < -0.3 is 14.8 Å². The van der Waals surface area contributed by atoms with Crippen LogP contribution in [0, 0.1) is 0 Å². The summed E-state index contributed by atoms with van der Waals surface area (Å²) >= 11 is 0. The number of nitrogens with zero attached hydrogens (tertiary/aromatic N) is 2. The van der Waals surface area contributed by atoms with Gasteiger partial charge in [0.2, 0.25) is 0 Å². The van der Waals surface area contributed by atoms with Crippen molar-refractivity contribution in [2.24, 2.45) is 0 Å². The SMILES string of the molecule is COc1ccc(NC(=O)c2ccc3ccccc3n2)cc1OCc1ccncc1. The van der Waals surface area contributed by atoms with Crippen molar-refractivity contribution >= 4 is 22.5 Å². The summed E-state index contributed by atoms with van der Waals surface area (Å²) in [6.07, 6.45) is 3.42. The van der Waals surface area contributed by atoms with Crippen molar-refractivity contribution in [1.82, 2.24) is 9.97 Å². The molecule has 1 N–H and O–H groups in total. The van der Waals surface area contributed by atoms with E-state index in [1.165, 1.54) is 0 Å². The number of nitrogens with one attached hydrogen (secondary N) is 1. The van der Waals surface area contributed by atoms with E-state index in [1.807, 2.05) is 42.5 Å². The highest BCUT2D eigenvalue weighted by Crippen LogP contribution is 2.31. The molecule has 4 rings (SSSR count). The molecule has 0 atom stereocenters. The Kier molecular flexibility index (Phi) is 5.33. The van der Waals surface area contributed by atoms with Crippen LogP contribution in [0.25, 0.3) is 10.9 Å². The zero-order valence-electron chi connectivity index (χ0n) is 15.8. The van der Waals surface area contributed by atoms with Gasteiger partial charge in [-0.05, 0) is 42.0 Å². The quantitative estimate of drug-likeness (QED) is 0.530. The van der Waals surface area contributed by atoms with Crippen LogP contribution in [0.3, 0.4) is 0 Å². The molecular formula is C23H19N3O3. The largest absolute Gasteiger partial charge is 0.493 e. The van der Waals surface area contributed by atoms with Gasteiger partial charge in [-0.15, -0.1) is 0 Å². The van der Waals surface area contributed by atoms with Gasteiger partial charge in [0.05, 0.1) is 12.6 Å². The number of hydrogen-bond acceptors (Lipinski definition) is 5. The van der Waals surface area contributed by atoms with Crippen LogP contribution < -0.4 is 14.8 Å². The van der Waals surface area contributed by atoms with Gasteiger partial charge in [0.25, 0.3) is 5.91 Å². The van der Waals surface area contributed by atoms with Gasteiger partial charge in [-0.1, -0.05) is 24.3 Å². The Morgan fingerprint density at radius 1 is 0.966 bits per heavy atom. The molecule has 0 bridgehead atoms. The highest BCUT2D eigenvalue weighted by molar-refractivity contribution is 6.04. The molecule has 0 unspecified atom stereocenters. The van der Waals surface area contributed by atoms with E-state index >= 15 is 0 Å². The minimum atomic E-state index is -0.291. The first-order chi connectivity index (χ1) is 14.2. The van der Waals surface area contributed by atoms with Crippen LogP contribution in [-0.4, -0.2) is 23.0 Å². The summed E-state index contributed by atoms with van der Waals surface area (Å²) in [5.41, 5.74) is 2.70. The van der Waals surface area contributed by atoms with Crippen molar-refractivity contribution in [2.45, 2.75) is 6.61 Å². The summed E-state index contributed by atoms with van der Waals surface area (Å²) in [5, 5.41) is 3.85. The minimum absolute atomic E-state index is 0.291. The molecule has 0 spiro atoms. The lowest BCUT2D eigenvalue weighted by Gasteiger charge is -2.13. The summed E-state index contributed by atoms with van der Waals surface area (Å²) in [6.45, 7) is 0.364. The highest BCUT2D eigenvalue weighted by atomic mass is 16.5. The number of anilines is 1. The van der Waals surface area contributed by atoms with Crippen LogP contribution in [0.1, 0.15) is 16.1 Å². The number of aromatic nitrogens is 2. The van der Waals surface area contributed by atoms with Gasteiger partial charge in [-0.3, -0.25) is 9.78 Å². The molecule has 1 amide bonds. The van der Waals surface area contributed by atoms with Crippen molar-refractivity contribution in [1.29, 1.82) is 0 Å². The molecule has 0 radical (unpaired) electrons. The molecule has 0 aliphatic rings. The minimum Gasteiger partial charge on any atom is -0.493 e. The number of carbonyl (C=O) groups is 1. The number of rotatable bonds is 6. The number of fused-ring (bicyclic) bond motifs is 1. The summed E-state index contributed by atoms with van der Waals surface area (Å²) in [6, 6.07) is 20.3. The van der Waals surface area contributed by atoms with E-state index in [-0.39, 0.29) is 5.91 Å². The molecule has 29 heavy (non-hydrogen) atoms. The van der Waals surface area contributed by atoms with E-state index in [0.717, 1.165) is 16.5 Å². The fourth-order valence-electron chi connectivity index (χ4n) is 2.89. The molecule has 0 aliphatic heterocycles.